The van der Waals surface area contributed by atoms with Gasteiger partial charge in [0.05, 0.1) is 43.0 Å². The lowest BCUT2D eigenvalue weighted by atomic mass is 9.55. The topological polar surface area (TPSA) is 151 Å². The fourth-order valence-corrected chi connectivity index (χ4v) is 3.62. The number of esters is 2. The van der Waals surface area contributed by atoms with Crippen molar-refractivity contribution in [2.45, 2.75) is 39.8 Å². The van der Waals surface area contributed by atoms with E-state index in [4.69, 9.17) is 9.47 Å². The summed E-state index contributed by atoms with van der Waals surface area (Å²) >= 11 is 0. The third-order valence-electron chi connectivity index (χ3n) is 4.88. The quantitative estimate of drug-likeness (QED) is 0.639. The van der Waals surface area contributed by atoms with Crippen LogP contribution in [0, 0.1) is 56.2 Å². The molecule has 0 saturated heterocycles. The van der Waals surface area contributed by atoms with Gasteiger partial charge in [-0.25, -0.2) is 9.59 Å². The second-order valence-electron chi connectivity index (χ2n) is 6.91. The van der Waals surface area contributed by atoms with Crippen molar-refractivity contribution in [3.63, 3.8) is 0 Å². The van der Waals surface area contributed by atoms with Crippen molar-refractivity contribution in [2.24, 2.45) is 10.8 Å². The average molecular weight is 405 g/mol. The summed E-state index contributed by atoms with van der Waals surface area (Å²) in [7, 11) is 0. The predicted octanol–water partition coefficient (Wildman–Crippen LogP) is 1.98. The lowest BCUT2D eigenvalue weighted by molar-refractivity contribution is -0.148. The highest BCUT2D eigenvalue weighted by molar-refractivity contribution is 6.03. The van der Waals surface area contributed by atoms with Gasteiger partial charge in [-0.2, -0.15) is 21.0 Å². The predicted molar refractivity (Wildman–Crippen MR) is 101 cm³/mol. The van der Waals surface area contributed by atoms with Gasteiger partial charge in [-0.1, -0.05) is 12.2 Å². The monoisotopic (exact) mass is 405 g/mol. The van der Waals surface area contributed by atoms with Crippen LogP contribution in [0.1, 0.15) is 27.7 Å². The van der Waals surface area contributed by atoms with Gasteiger partial charge in [-0.3, -0.25) is 0 Å². The van der Waals surface area contributed by atoms with Crippen molar-refractivity contribution in [3.05, 3.63) is 35.2 Å². The molecule has 152 valence electrons. The Morgan fingerprint density at radius 2 is 1.73 bits per heavy atom. The molecule has 2 heterocycles. The first kappa shape index (κ1) is 22.2. The molecule has 2 aliphatic heterocycles. The molecule has 0 fully saturated rings. The highest BCUT2D eigenvalue weighted by atomic mass is 16.5. The zero-order chi connectivity index (χ0) is 22.7. The zero-order valence-electron chi connectivity index (χ0n) is 17.0. The van der Waals surface area contributed by atoms with Gasteiger partial charge in [-0.05, 0) is 33.8 Å². The molecule has 0 aliphatic carbocycles. The lowest BCUT2D eigenvalue weighted by Gasteiger charge is -2.49. The fraction of sp³-hybridized carbons (Fsp3) is 0.429. The molecule has 0 saturated carbocycles. The lowest BCUT2D eigenvalue weighted by Crippen LogP contribution is -2.61. The largest absolute Gasteiger partial charge is 0.461 e. The van der Waals surface area contributed by atoms with E-state index < -0.39 is 46.2 Å². The first-order valence-electron chi connectivity index (χ1n) is 9.13. The molecule has 2 rings (SSSR count). The molecule has 2 aliphatic rings. The minimum atomic E-state index is -2.60. The average Bonchev–Trinajstić information content (AvgIpc) is 2.71. The van der Waals surface area contributed by atoms with Crippen LogP contribution >= 0.6 is 0 Å². The number of fused-ring (bicyclic) bond motifs is 1. The number of rotatable bonds is 4. The molecular formula is C21H19N5O4. The Bertz CT molecular complexity index is 1010. The molecule has 0 bridgehead atoms. The van der Waals surface area contributed by atoms with Crippen LogP contribution in [0.4, 0.5) is 0 Å². The molecule has 0 aromatic carbocycles. The summed E-state index contributed by atoms with van der Waals surface area (Å²) in [5.41, 5.74) is -5.59. The van der Waals surface area contributed by atoms with E-state index in [0.29, 0.717) is 5.70 Å². The van der Waals surface area contributed by atoms with E-state index in [9.17, 15) is 30.6 Å². The van der Waals surface area contributed by atoms with E-state index in [-0.39, 0.29) is 6.61 Å². The Hall–Kier alpha value is -4.08. The van der Waals surface area contributed by atoms with Crippen molar-refractivity contribution in [1.29, 1.82) is 21.0 Å². The van der Waals surface area contributed by atoms with Crippen molar-refractivity contribution < 1.29 is 19.1 Å². The molecule has 0 N–H and O–H groups in total. The maximum absolute atomic E-state index is 13.1. The van der Waals surface area contributed by atoms with Gasteiger partial charge in [0.15, 0.2) is 0 Å². The normalized spacial score (nSPS) is 20.6. The minimum absolute atomic E-state index is 0.0420. The molecule has 0 radical (unpaired) electrons. The van der Waals surface area contributed by atoms with Crippen LogP contribution in [-0.4, -0.2) is 35.6 Å². The molecule has 1 unspecified atom stereocenters. The number of nitriles is 4. The van der Waals surface area contributed by atoms with Crippen LogP contribution in [0.5, 0.6) is 0 Å². The maximum Gasteiger partial charge on any atom is 0.355 e. The molecule has 0 amide bonds. The molecule has 9 nitrogen and oxygen atoms in total. The fourth-order valence-electron chi connectivity index (χ4n) is 3.62. The highest BCUT2D eigenvalue weighted by Gasteiger charge is 2.69. The Morgan fingerprint density at radius 3 is 2.20 bits per heavy atom. The van der Waals surface area contributed by atoms with Crippen LogP contribution in [0.15, 0.2) is 35.2 Å². The van der Waals surface area contributed by atoms with Crippen molar-refractivity contribution in [3.8, 4) is 24.3 Å². The van der Waals surface area contributed by atoms with Crippen LogP contribution in [0.3, 0.4) is 0 Å². The number of hydrogen-bond donors (Lipinski definition) is 0. The van der Waals surface area contributed by atoms with Gasteiger partial charge in [0.2, 0.25) is 10.8 Å². The maximum atomic E-state index is 13.1. The van der Waals surface area contributed by atoms with Gasteiger partial charge < -0.3 is 14.4 Å². The van der Waals surface area contributed by atoms with Crippen molar-refractivity contribution in [2.75, 3.05) is 6.61 Å². The standard InChI is InChI=1S/C21H19N5O4/c1-5-29-19(28)17-16(18(27)30-13(2)3)21(11-24,12-25)20(9-22,10-23)15-8-6-7-14(4)26(15)17/h6-8,13,15H,5H2,1-4H3. The van der Waals surface area contributed by atoms with Gasteiger partial charge in [-0.15, -0.1) is 0 Å². The smallest absolute Gasteiger partial charge is 0.355 e. The Kier molecular flexibility index (Phi) is 6.01. The number of ether oxygens (including phenoxy) is 2. The third kappa shape index (κ3) is 2.89. The molecular weight excluding hydrogens is 386 g/mol. The number of carbonyl (C=O) groups is 2. The summed E-state index contributed by atoms with van der Waals surface area (Å²) in [5.74, 6) is -2.12. The third-order valence-corrected chi connectivity index (χ3v) is 4.88. The molecule has 1 atom stereocenters. The second kappa shape index (κ2) is 8.11. The van der Waals surface area contributed by atoms with E-state index in [1.807, 2.05) is 0 Å². The summed E-state index contributed by atoms with van der Waals surface area (Å²) in [6, 6.07) is 5.76. The number of nitrogens with zero attached hydrogens (tertiary/aromatic N) is 5. The molecule has 0 aromatic rings. The van der Waals surface area contributed by atoms with Gasteiger partial charge in [0.1, 0.15) is 11.3 Å². The van der Waals surface area contributed by atoms with Gasteiger partial charge in [0, 0.05) is 5.70 Å². The summed E-state index contributed by atoms with van der Waals surface area (Å²) in [5, 5.41) is 40.2. The van der Waals surface area contributed by atoms with E-state index in [1.165, 1.54) is 11.0 Å². The minimum Gasteiger partial charge on any atom is -0.461 e. The molecule has 9 heteroatoms. The Morgan fingerprint density at radius 1 is 1.13 bits per heavy atom. The summed E-state index contributed by atoms with van der Waals surface area (Å²) in [6.07, 6.45) is 3.94. The molecule has 30 heavy (non-hydrogen) atoms. The summed E-state index contributed by atoms with van der Waals surface area (Å²) < 4.78 is 10.3. The SMILES string of the molecule is CCOC(=O)C1=C(C(=O)OC(C)C)C(C#N)(C#N)C(C#N)(C#N)C2C=CC=C(C)N12. The van der Waals surface area contributed by atoms with Crippen molar-refractivity contribution >= 4 is 11.9 Å². The first-order chi connectivity index (χ1) is 14.2. The number of carbonyl (C=O) groups excluding carboxylic acids is 2. The highest BCUT2D eigenvalue weighted by Crippen LogP contribution is 2.55. The number of allylic oxidation sites excluding steroid dienone is 3. The Labute approximate surface area is 174 Å². The van der Waals surface area contributed by atoms with E-state index >= 15 is 0 Å². The van der Waals surface area contributed by atoms with E-state index in [2.05, 4.69) is 0 Å². The summed E-state index contributed by atoms with van der Waals surface area (Å²) in [4.78, 5) is 27.3. The van der Waals surface area contributed by atoms with Crippen LogP contribution in [0.2, 0.25) is 0 Å². The van der Waals surface area contributed by atoms with Crippen molar-refractivity contribution in [1.82, 2.24) is 4.90 Å². The number of hydrogen-bond acceptors (Lipinski definition) is 9. The zero-order valence-corrected chi connectivity index (χ0v) is 17.0. The second-order valence-corrected chi connectivity index (χ2v) is 6.91. The Balaban J connectivity index is 3.10. The molecule has 0 spiro atoms. The van der Waals surface area contributed by atoms with Crippen LogP contribution in [0.25, 0.3) is 0 Å². The van der Waals surface area contributed by atoms with Gasteiger partial charge >= 0.3 is 11.9 Å². The first-order valence-corrected chi connectivity index (χ1v) is 9.13. The van der Waals surface area contributed by atoms with E-state index in [0.717, 1.165) is 0 Å². The molecule has 0 aromatic heterocycles. The van der Waals surface area contributed by atoms with Crippen LogP contribution < -0.4 is 0 Å². The van der Waals surface area contributed by atoms with E-state index in [1.54, 1.807) is 64.1 Å². The van der Waals surface area contributed by atoms with Gasteiger partial charge in [0.25, 0.3) is 0 Å². The van der Waals surface area contributed by atoms with Crippen LogP contribution in [-0.2, 0) is 19.1 Å². The summed E-state index contributed by atoms with van der Waals surface area (Å²) in [6.45, 7) is 6.21.